The summed E-state index contributed by atoms with van der Waals surface area (Å²) >= 11 is 5.91. The van der Waals surface area contributed by atoms with Crippen molar-refractivity contribution in [2.24, 2.45) is 0 Å². The highest BCUT2D eigenvalue weighted by molar-refractivity contribution is 6.30. The molecule has 0 aliphatic carbocycles. The monoisotopic (exact) mass is 365 g/mol. The van der Waals surface area contributed by atoms with Crippen molar-refractivity contribution in [3.05, 3.63) is 34.9 Å². The lowest BCUT2D eigenvalue weighted by Gasteiger charge is -2.33. The number of carbonyl (C=O) groups is 2. The van der Waals surface area contributed by atoms with Crippen LogP contribution in [0.2, 0.25) is 5.02 Å². The van der Waals surface area contributed by atoms with Gasteiger partial charge in [0.1, 0.15) is 6.10 Å². The molecule has 2 heterocycles. The second kappa shape index (κ2) is 8.54. The number of halogens is 1. The van der Waals surface area contributed by atoms with Crippen LogP contribution < -0.4 is 5.32 Å². The number of nitrogens with zero attached hydrogens (tertiary/aromatic N) is 2. The van der Waals surface area contributed by atoms with Crippen LogP contribution in [0.25, 0.3) is 0 Å². The zero-order valence-corrected chi connectivity index (χ0v) is 15.0. The Hall–Kier alpha value is -1.79. The SMILES string of the molecule is O=C(CCNC(=O)N1CCOC(c2ccc(Cl)cc2)C1)N1CCCC1. The third-order valence-electron chi connectivity index (χ3n) is 4.67. The van der Waals surface area contributed by atoms with Gasteiger partial charge in [0.25, 0.3) is 0 Å². The molecule has 2 aliphatic rings. The van der Waals surface area contributed by atoms with E-state index in [0.717, 1.165) is 31.5 Å². The Bertz CT molecular complexity index is 602. The van der Waals surface area contributed by atoms with Gasteiger partial charge < -0.3 is 19.9 Å². The first-order chi connectivity index (χ1) is 12.1. The summed E-state index contributed by atoms with van der Waals surface area (Å²) < 4.78 is 5.77. The third kappa shape index (κ3) is 4.86. The molecule has 7 heteroatoms. The van der Waals surface area contributed by atoms with Crippen LogP contribution in [0.1, 0.15) is 30.9 Å². The van der Waals surface area contributed by atoms with E-state index in [0.29, 0.717) is 37.7 Å². The highest BCUT2D eigenvalue weighted by Gasteiger charge is 2.25. The van der Waals surface area contributed by atoms with E-state index < -0.39 is 0 Å². The van der Waals surface area contributed by atoms with Gasteiger partial charge in [-0.2, -0.15) is 0 Å². The molecule has 2 aliphatic heterocycles. The highest BCUT2D eigenvalue weighted by Crippen LogP contribution is 2.23. The normalized spacial score (nSPS) is 20.6. The predicted octanol–water partition coefficient (Wildman–Crippen LogP) is 2.44. The van der Waals surface area contributed by atoms with Crippen molar-refractivity contribution in [1.82, 2.24) is 15.1 Å². The number of carbonyl (C=O) groups excluding carboxylic acids is 2. The fourth-order valence-electron chi connectivity index (χ4n) is 3.23. The molecule has 6 nitrogen and oxygen atoms in total. The van der Waals surface area contributed by atoms with E-state index in [9.17, 15) is 9.59 Å². The molecule has 3 rings (SSSR count). The minimum Gasteiger partial charge on any atom is -0.370 e. The lowest BCUT2D eigenvalue weighted by Crippen LogP contribution is -2.47. The van der Waals surface area contributed by atoms with Crippen LogP contribution in [-0.2, 0) is 9.53 Å². The van der Waals surface area contributed by atoms with E-state index in [2.05, 4.69) is 5.32 Å². The lowest BCUT2D eigenvalue weighted by molar-refractivity contribution is -0.129. The van der Waals surface area contributed by atoms with Crippen LogP contribution in [-0.4, -0.2) is 61.1 Å². The first-order valence-corrected chi connectivity index (χ1v) is 9.19. The zero-order valence-electron chi connectivity index (χ0n) is 14.2. The van der Waals surface area contributed by atoms with Gasteiger partial charge in [0.2, 0.25) is 5.91 Å². The summed E-state index contributed by atoms with van der Waals surface area (Å²) in [5.41, 5.74) is 1.01. The maximum atomic E-state index is 12.3. The van der Waals surface area contributed by atoms with Gasteiger partial charge in [-0.15, -0.1) is 0 Å². The molecule has 1 aromatic rings. The van der Waals surface area contributed by atoms with Gasteiger partial charge >= 0.3 is 6.03 Å². The molecule has 1 N–H and O–H groups in total. The smallest absolute Gasteiger partial charge is 0.317 e. The predicted molar refractivity (Wildman–Crippen MR) is 95.5 cm³/mol. The number of amides is 3. The fourth-order valence-corrected chi connectivity index (χ4v) is 3.35. The van der Waals surface area contributed by atoms with Gasteiger partial charge in [0, 0.05) is 37.6 Å². The largest absolute Gasteiger partial charge is 0.370 e. The number of benzene rings is 1. The highest BCUT2D eigenvalue weighted by atomic mass is 35.5. The summed E-state index contributed by atoms with van der Waals surface area (Å²) in [6.45, 7) is 3.60. The molecule has 0 aromatic heterocycles. The third-order valence-corrected chi connectivity index (χ3v) is 4.92. The summed E-state index contributed by atoms with van der Waals surface area (Å²) in [6.07, 6.45) is 2.37. The maximum Gasteiger partial charge on any atom is 0.317 e. The van der Waals surface area contributed by atoms with Crippen molar-refractivity contribution in [3.8, 4) is 0 Å². The zero-order chi connectivity index (χ0) is 17.6. The number of morpholine rings is 1. The van der Waals surface area contributed by atoms with Gasteiger partial charge in [-0.3, -0.25) is 4.79 Å². The summed E-state index contributed by atoms with van der Waals surface area (Å²) in [5.74, 6) is 0.124. The van der Waals surface area contributed by atoms with E-state index in [1.54, 1.807) is 4.90 Å². The number of urea groups is 1. The molecule has 2 fully saturated rings. The number of hydrogen-bond acceptors (Lipinski definition) is 3. The Morgan fingerprint density at radius 3 is 2.56 bits per heavy atom. The second-order valence-electron chi connectivity index (χ2n) is 6.43. The molecule has 0 bridgehead atoms. The number of rotatable bonds is 4. The minimum atomic E-state index is -0.150. The molecule has 0 spiro atoms. The molecule has 1 unspecified atom stereocenters. The van der Waals surface area contributed by atoms with Crippen molar-refractivity contribution in [3.63, 3.8) is 0 Å². The Morgan fingerprint density at radius 1 is 1.12 bits per heavy atom. The van der Waals surface area contributed by atoms with E-state index >= 15 is 0 Å². The Labute approximate surface area is 153 Å². The molecule has 0 saturated carbocycles. The van der Waals surface area contributed by atoms with Gasteiger partial charge in [-0.1, -0.05) is 23.7 Å². The van der Waals surface area contributed by atoms with E-state index in [1.165, 1.54) is 0 Å². The quantitative estimate of drug-likeness (QED) is 0.891. The van der Waals surface area contributed by atoms with Gasteiger partial charge in [-0.25, -0.2) is 4.79 Å². The van der Waals surface area contributed by atoms with Gasteiger partial charge in [0.05, 0.1) is 13.2 Å². The average Bonchev–Trinajstić information content (AvgIpc) is 3.17. The van der Waals surface area contributed by atoms with Crippen molar-refractivity contribution >= 4 is 23.5 Å². The summed E-state index contributed by atoms with van der Waals surface area (Å²) in [7, 11) is 0. The van der Waals surface area contributed by atoms with E-state index in [-0.39, 0.29) is 18.0 Å². The number of likely N-dealkylation sites (tertiary alicyclic amines) is 1. The number of nitrogens with one attached hydrogen (secondary N) is 1. The molecular formula is C18H24ClN3O3. The van der Waals surface area contributed by atoms with Crippen LogP contribution in [0.3, 0.4) is 0 Å². The van der Waals surface area contributed by atoms with Crippen molar-refractivity contribution in [2.75, 3.05) is 39.3 Å². The van der Waals surface area contributed by atoms with Crippen molar-refractivity contribution in [1.29, 1.82) is 0 Å². The van der Waals surface area contributed by atoms with Crippen LogP contribution >= 0.6 is 11.6 Å². The molecule has 0 radical (unpaired) electrons. The Kier molecular flexibility index (Phi) is 6.15. The fraction of sp³-hybridized carbons (Fsp3) is 0.556. The second-order valence-corrected chi connectivity index (χ2v) is 6.86. The van der Waals surface area contributed by atoms with Gasteiger partial charge in [0.15, 0.2) is 0 Å². The van der Waals surface area contributed by atoms with E-state index in [1.807, 2.05) is 29.2 Å². The molecule has 136 valence electrons. The van der Waals surface area contributed by atoms with Crippen LogP contribution in [0, 0.1) is 0 Å². The summed E-state index contributed by atoms with van der Waals surface area (Å²) in [5, 5.41) is 3.53. The standard InChI is InChI=1S/C18H24ClN3O3/c19-15-5-3-14(4-6-15)16-13-22(11-12-25-16)18(24)20-8-7-17(23)21-9-1-2-10-21/h3-6,16H,1-2,7-13H2,(H,20,24). The summed E-state index contributed by atoms with van der Waals surface area (Å²) in [6, 6.07) is 7.34. The molecule has 1 aromatic carbocycles. The Morgan fingerprint density at radius 2 is 1.84 bits per heavy atom. The average molecular weight is 366 g/mol. The maximum absolute atomic E-state index is 12.3. The van der Waals surface area contributed by atoms with Crippen molar-refractivity contribution < 1.29 is 14.3 Å². The molecular weight excluding hydrogens is 342 g/mol. The molecule has 1 atom stereocenters. The molecule has 25 heavy (non-hydrogen) atoms. The molecule has 3 amide bonds. The Balaban J connectivity index is 1.45. The van der Waals surface area contributed by atoms with Crippen LogP contribution in [0.15, 0.2) is 24.3 Å². The first kappa shape index (κ1) is 18.0. The van der Waals surface area contributed by atoms with Crippen LogP contribution in [0.5, 0.6) is 0 Å². The number of hydrogen-bond donors (Lipinski definition) is 1. The number of ether oxygens (including phenoxy) is 1. The molecule has 2 saturated heterocycles. The first-order valence-electron chi connectivity index (χ1n) is 8.81. The van der Waals surface area contributed by atoms with Crippen molar-refractivity contribution in [2.45, 2.75) is 25.4 Å². The van der Waals surface area contributed by atoms with E-state index in [4.69, 9.17) is 16.3 Å². The van der Waals surface area contributed by atoms with Gasteiger partial charge in [-0.05, 0) is 30.5 Å². The summed E-state index contributed by atoms with van der Waals surface area (Å²) in [4.78, 5) is 28.0. The lowest BCUT2D eigenvalue weighted by atomic mass is 10.1. The minimum absolute atomic E-state index is 0.124. The van der Waals surface area contributed by atoms with Crippen LogP contribution in [0.4, 0.5) is 4.79 Å². The topological polar surface area (TPSA) is 61.9 Å².